The molecule has 1 fully saturated rings. The zero-order valence-corrected chi connectivity index (χ0v) is 17.8. The van der Waals surface area contributed by atoms with Crippen LogP contribution < -0.4 is 9.80 Å². The minimum atomic E-state index is -0.588. The Kier molecular flexibility index (Phi) is 5.09. The van der Waals surface area contributed by atoms with E-state index in [2.05, 4.69) is 40.7 Å². The number of aromatic nitrogens is 3. The number of imidazole rings is 1. The van der Waals surface area contributed by atoms with E-state index in [1.165, 1.54) is 12.1 Å². The van der Waals surface area contributed by atoms with Crippen LogP contribution >= 0.6 is 0 Å². The molecule has 32 heavy (non-hydrogen) atoms. The number of hydrogen-bond donors (Lipinski definition) is 0. The quantitative estimate of drug-likeness (QED) is 0.423. The second-order valence-electron chi connectivity index (χ2n) is 8.11. The van der Waals surface area contributed by atoms with Crippen molar-refractivity contribution in [3.05, 3.63) is 90.3 Å². The molecule has 0 amide bonds. The molecule has 5 nitrogen and oxygen atoms in total. The van der Waals surface area contributed by atoms with E-state index in [9.17, 15) is 8.78 Å². The minimum Gasteiger partial charge on any atom is -0.354 e. The second-order valence-corrected chi connectivity index (χ2v) is 8.11. The summed E-state index contributed by atoms with van der Waals surface area (Å²) in [7, 11) is 1.84. The lowest BCUT2D eigenvalue weighted by Gasteiger charge is -2.20. The number of benzene rings is 2. The zero-order valence-electron chi connectivity index (χ0n) is 17.8. The molecule has 1 aliphatic heterocycles. The van der Waals surface area contributed by atoms with Gasteiger partial charge < -0.3 is 9.80 Å². The third kappa shape index (κ3) is 3.82. The summed E-state index contributed by atoms with van der Waals surface area (Å²) < 4.78 is 28.9. The van der Waals surface area contributed by atoms with Gasteiger partial charge in [0.1, 0.15) is 17.5 Å². The van der Waals surface area contributed by atoms with Gasteiger partial charge in [-0.1, -0.05) is 18.7 Å². The van der Waals surface area contributed by atoms with Crippen molar-refractivity contribution in [1.29, 1.82) is 0 Å². The van der Waals surface area contributed by atoms with Gasteiger partial charge in [-0.3, -0.25) is 0 Å². The van der Waals surface area contributed by atoms with E-state index in [4.69, 9.17) is 5.10 Å². The van der Waals surface area contributed by atoms with E-state index in [1.807, 2.05) is 24.1 Å². The highest BCUT2D eigenvalue weighted by molar-refractivity contribution is 5.67. The molecule has 0 atom stereocenters. The summed E-state index contributed by atoms with van der Waals surface area (Å²) in [5, 5.41) is 4.73. The van der Waals surface area contributed by atoms with Gasteiger partial charge >= 0.3 is 0 Å². The summed E-state index contributed by atoms with van der Waals surface area (Å²) in [6.45, 7) is 5.47. The van der Waals surface area contributed by atoms with Crippen LogP contribution in [0.4, 0.5) is 20.3 Å². The molecule has 2 aromatic carbocycles. The van der Waals surface area contributed by atoms with Crippen LogP contribution in [0.5, 0.6) is 0 Å². The first-order chi connectivity index (χ1) is 15.5. The number of rotatable bonds is 5. The van der Waals surface area contributed by atoms with E-state index < -0.39 is 11.6 Å². The summed E-state index contributed by atoms with van der Waals surface area (Å²) in [6, 6.07) is 15.6. The Bertz CT molecular complexity index is 1280. The maximum absolute atomic E-state index is 13.5. The van der Waals surface area contributed by atoms with Crippen LogP contribution in [-0.2, 0) is 6.54 Å². The third-order valence-electron chi connectivity index (χ3n) is 5.78. The highest BCUT2D eigenvalue weighted by atomic mass is 19.1. The molecular weight excluding hydrogens is 408 g/mol. The normalized spacial score (nSPS) is 13.8. The highest BCUT2D eigenvalue weighted by Crippen LogP contribution is 2.30. The third-order valence-corrected chi connectivity index (χ3v) is 5.78. The Labute approximate surface area is 185 Å². The molecule has 0 bridgehead atoms. The number of allylic oxidation sites excluding steroid dienone is 1. The van der Waals surface area contributed by atoms with Gasteiger partial charge in [-0.2, -0.15) is 0 Å². The lowest BCUT2D eigenvalue weighted by atomic mass is 10.1. The molecule has 0 aliphatic carbocycles. The van der Waals surface area contributed by atoms with E-state index in [1.54, 1.807) is 10.7 Å². The molecule has 162 valence electrons. The second kappa shape index (κ2) is 8.07. The first kappa shape index (κ1) is 20.2. The Morgan fingerprint density at radius 3 is 2.47 bits per heavy atom. The molecule has 0 spiro atoms. The van der Waals surface area contributed by atoms with Gasteiger partial charge in [0.15, 0.2) is 5.65 Å². The van der Waals surface area contributed by atoms with E-state index in [-0.39, 0.29) is 0 Å². The van der Waals surface area contributed by atoms with E-state index >= 15 is 0 Å². The molecule has 7 heteroatoms. The summed E-state index contributed by atoms with van der Waals surface area (Å²) in [5.74, 6) is -0.504. The standard InChI is InChI=1S/C25H23F2N5/c1-17-4-3-11-31(17)22-7-5-19(6-8-22)23-15-28-24-9-10-25(29-32(23)24)30(2)16-18-12-20(26)14-21(27)13-18/h5-10,12-15H,1,3-4,11,16H2,2H3. The highest BCUT2D eigenvalue weighted by Gasteiger charge is 2.17. The summed E-state index contributed by atoms with van der Waals surface area (Å²) in [4.78, 5) is 8.57. The van der Waals surface area contributed by atoms with Crippen LogP contribution in [0.25, 0.3) is 16.9 Å². The molecule has 4 aromatic rings. The molecule has 0 radical (unpaired) electrons. The largest absolute Gasteiger partial charge is 0.354 e. The Balaban J connectivity index is 1.43. The van der Waals surface area contributed by atoms with Gasteiger partial charge in [0.25, 0.3) is 0 Å². The van der Waals surface area contributed by atoms with Crippen LogP contribution in [0.3, 0.4) is 0 Å². The van der Waals surface area contributed by atoms with Crippen LogP contribution in [0.2, 0.25) is 0 Å². The molecule has 0 unspecified atom stereocenters. The molecule has 0 saturated carbocycles. The van der Waals surface area contributed by atoms with E-state index in [0.717, 1.165) is 53.7 Å². The molecule has 0 N–H and O–H groups in total. The zero-order chi connectivity index (χ0) is 22.2. The number of nitrogens with zero attached hydrogens (tertiary/aromatic N) is 5. The maximum Gasteiger partial charge on any atom is 0.154 e. The van der Waals surface area contributed by atoms with Crippen LogP contribution in [0.15, 0.2) is 73.1 Å². The smallest absolute Gasteiger partial charge is 0.154 e. The van der Waals surface area contributed by atoms with E-state index in [0.29, 0.717) is 17.9 Å². The van der Waals surface area contributed by atoms with Crippen molar-refractivity contribution >= 4 is 17.2 Å². The van der Waals surface area contributed by atoms with Crippen molar-refractivity contribution in [1.82, 2.24) is 14.6 Å². The van der Waals surface area contributed by atoms with Gasteiger partial charge in [-0.25, -0.2) is 18.3 Å². The van der Waals surface area contributed by atoms with Gasteiger partial charge in [0.2, 0.25) is 0 Å². The number of anilines is 2. The molecule has 1 saturated heterocycles. The number of fused-ring (bicyclic) bond motifs is 1. The predicted octanol–water partition coefficient (Wildman–Crippen LogP) is 5.42. The molecule has 1 aliphatic rings. The minimum absolute atomic E-state index is 0.325. The lowest BCUT2D eigenvalue weighted by molar-refractivity contribution is 0.579. The van der Waals surface area contributed by atoms with Crippen LogP contribution in [0.1, 0.15) is 18.4 Å². The average molecular weight is 431 g/mol. The molecule has 3 heterocycles. The molecular formula is C25H23F2N5. The first-order valence-electron chi connectivity index (χ1n) is 10.5. The topological polar surface area (TPSA) is 36.7 Å². The predicted molar refractivity (Wildman–Crippen MR) is 123 cm³/mol. The average Bonchev–Trinajstić information content (AvgIpc) is 3.38. The van der Waals surface area contributed by atoms with Gasteiger partial charge in [0, 0.05) is 43.2 Å². The van der Waals surface area contributed by atoms with Crippen molar-refractivity contribution in [2.24, 2.45) is 0 Å². The van der Waals surface area contributed by atoms with Crippen LogP contribution in [-0.4, -0.2) is 28.2 Å². The SMILES string of the molecule is C=C1CCCN1c1ccc(-c2cnc3ccc(N(C)Cc4cc(F)cc(F)c4)nn23)cc1. The van der Waals surface area contributed by atoms with Gasteiger partial charge in [-0.15, -0.1) is 5.10 Å². The summed E-state index contributed by atoms with van der Waals surface area (Å²) in [5.41, 5.74) is 5.44. The first-order valence-corrected chi connectivity index (χ1v) is 10.5. The Morgan fingerprint density at radius 2 is 1.78 bits per heavy atom. The molecule has 5 rings (SSSR count). The summed E-state index contributed by atoms with van der Waals surface area (Å²) in [6.07, 6.45) is 3.98. The monoisotopic (exact) mass is 431 g/mol. The van der Waals surface area contributed by atoms with Gasteiger partial charge in [0.05, 0.1) is 11.9 Å². The Hall–Kier alpha value is -3.74. The number of hydrogen-bond acceptors (Lipinski definition) is 4. The van der Waals surface area contributed by atoms with Crippen molar-refractivity contribution in [3.8, 4) is 11.3 Å². The van der Waals surface area contributed by atoms with Crippen molar-refractivity contribution in [3.63, 3.8) is 0 Å². The van der Waals surface area contributed by atoms with Crippen LogP contribution in [0, 0.1) is 11.6 Å². The fourth-order valence-corrected chi connectivity index (χ4v) is 4.18. The lowest BCUT2D eigenvalue weighted by Crippen LogP contribution is -2.19. The van der Waals surface area contributed by atoms with Gasteiger partial charge in [-0.05, 0) is 54.8 Å². The fraction of sp³-hybridized carbons (Fsp3) is 0.200. The van der Waals surface area contributed by atoms with Crippen molar-refractivity contribution in [2.75, 3.05) is 23.4 Å². The Morgan fingerprint density at radius 1 is 1.03 bits per heavy atom. The fourth-order valence-electron chi connectivity index (χ4n) is 4.18. The maximum atomic E-state index is 13.5. The van der Waals surface area contributed by atoms with Crippen molar-refractivity contribution < 1.29 is 8.78 Å². The molecule has 2 aromatic heterocycles. The summed E-state index contributed by atoms with van der Waals surface area (Å²) >= 11 is 0. The number of halogens is 2. The van der Waals surface area contributed by atoms with Crippen molar-refractivity contribution in [2.45, 2.75) is 19.4 Å².